The SMILES string of the molecule is CC(C)(C)/C=N/NC(=O)C1CCC1. The van der Waals surface area contributed by atoms with Crippen molar-refractivity contribution in [2.45, 2.75) is 40.0 Å². The van der Waals surface area contributed by atoms with Crippen LogP contribution in [0.15, 0.2) is 5.10 Å². The summed E-state index contributed by atoms with van der Waals surface area (Å²) >= 11 is 0. The highest BCUT2D eigenvalue weighted by atomic mass is 16.2. The molecule has 0 heterocycles. The summed E-state index contributed by atoms with van der Waals surface area (Å²) in [5.74, 6) is 0.295. The number of hydrazone groups is 1. The van der Waals surface area contributed by atoms with Crippen LogP contribution in [0.5, 0.6) is 0 Å². The van der Waals surface area contributed by atoms with Crippen LogP contribution in [0.1, 0.15) is 40.0 Å². The van der Waals surface area contributed by atoms with E-state index in [1.807, 2.05) is 20.8 Å². The number of hydrogen-bond donors (Lipinski definition) is 1. The molecule has 3 heteroatoms. The molecule has 13 heavy (non-hydrogen) atoms. The first-order valence-electron chi connectivity index (χ1n) is 4.83. The van der Waals surface area contributed by atoms with Crippen molar-refractivity contribution in [1.82, 2.24) is 5.43 Å². The molecule has 1 fully saturated rings. The normalized spacial score (nSPS) is 18.7. The average Bonchev–Trinajstić information content (AvgIpc) is 1.79. The zero-order chi connectivity index (χ0) is 9.90. The van der Waals surface area contributed by atoms with Gasteiger partial charge in [-0.3, -0.25) is 4.79 Å². The summed E-state index contributed by atoms with van der Waals surface area (Å²) in [6, 6.07) is 0. The van der Waals surface area contributed by atoms with E-state index in [0.29, 0.717) is 0 Å². The van der Waals surface area contributed by atoms with Gasteiger partial charge in [0.05, 0.1) is 0 Å². The predicted octanol–water partition coefficient (Wildman–Crippen LogP) is 1.93. The third-order valence-corrected chi connectivity index (χ3v) is 2.10. The highest BCUT2D eigenvalue weighted by molar-refractivity contribution is 5.80. The Hall–Kier alpha value is -0.860. The van der Waals surface area contributed by atoms with E-state index in [9.17, 15) is 4.79 Å². The summed E-state index contributed by atoms with van der Waals surface area (Å²) in [5, 5.41) is 3.92. The maximum atomic E-state index is 11.3. The molecule has 1 saturated carbocycles. The summed E-state index contributed by atoms with van der Waals surface area (Å²) in [7, 11) is 0. The summed E-state index contributed by atoms with van der Waals surface area (Å²) < 4.78 is 0. The Bertz CT molecular complexity index is 211. The van der Waals surface area contributed by atoms with Crippen LogP contribution in [-0.4, -0.2) is 12.1 Å². The molecule has 0 spiro atoms. The fraction of sp³-hybridized carbons (Fsp3) is 0.800. The van der Waals surface area contributed by atoms with Gasteiger partial charge < -0.3 is 0 Å². The second-order valence-corrected chi connectivity index (χ2v) is 4.73. The molecule has 1 rings (SSSR count). The van der Waals surface area contributed by atoms with Gasteiger partial charge in [0.2, 0.25) is 5.91 Å². The molecule has 74 valence electrons. The van der Waals surface area contributed by atoms with Gasteiger partial charge in [0.15, 0.2) is 0 Å². The molecule has 1 aliphatic carbocycles. The van der Waals surface area contributed by atoms with Crippen LogP contribution in [0.25, 0.3) is 0 Å². The van der Waals surface area contributed by atoms with Crippen LogP contribution in [0.3, 0.4) is 0 Å². The summed E-state index contributed by atoms with van der Waals surface area (Å²) in [6.45, 7) is 6.14. The van der Waals surface area contributed by atoms with Gasteiger partial charge >= 0.3 is 0 Å². The van der Waals surface area contributed by atoms with Gasteiger partial charge in [0.25, 0.3) is 0 Å². The minimum Gasteiger partial charge on any atom is -0.273 e. The predicted molar refractivity (Wildman–Crippen MR) is 53.4 cm³/mol. The lowest BCUT2D eigenvalue weighted by Crippen LogP contribution is -2.31. The van der Waals surface area contributed by atoms with E-state index in [0.717, 1.165) is 12.8 Å². The van der Waals surface area contributed by atoms with E-state index in [1.165, 1.54) is 6.42 Å². The van der Waals surface area contributed by atoms with Crippen LogP contribution < -0.4 is 5.43 Å². The van der Waals surface area contributed by atoms with Gasteiger partial charge in [-0.15, -0.1) is 0 Å². The minimum absolute atomic E-state index is 0.0346. The Morgan fingerprint density at radius 1 is 1.46 bits per heavy atom. The molecular formula is C10H18N2O. The fourth-order valence-corrected chi connectivity index (χ4v) is 1.05. The molecule has 1 N–H and O–H groups in total. The lowest BCUT2D eigenvalue weighted by atomic mass is 9.85. The van der Waals surface area contributed by atoms with Crippen molar-refractivity contribution >= 4 is 12.1 Å². The Labute approximate surface area is 79.6 Å². The average molecular weight is 182 g/mol. The van der Waals surface area contributed by atoms with Crippen molar-refractivity contribution in [3.8, 4) is 0 Å². The maximum Gasteiger partial charge on any atom is 0.243 e. The van der Waals surface area contributed by atoms with Crippen molar-refractivity contribution in [2.75, 3.05) is 0 Å². The zero-order valence-electron chi connectivity index (χ0n) is 8.63. The van der Waals surface area contributed by atoms with E-state index >= 15 is 0 Å². The third kappa shape index (κ3) is 3.57. The summed E-state index contributed by atoms with van der Waals surface area (Å²) in [6.07, 6.45) is 5.00. The first-order chi connectivity index (χ1) is 5.99. The van der Waals surface area contributed by atoms with E-state index in [4.69, 9.17) is 0 Å². The molecule has 0 aromatic heterocycles. The molecule has 0 atom stereocenters. The number of hydrogen-bond acceptors (Lipinski definition) is 2. The standard InChI is InChI=1S/C10H18N2O/c1-10(2,3)7-11-12-9(13)8-5-4-6-8/h7-8H,4-6H2,1-3H3,(H,12,13)/b11-7+. The van der Waals surface area contributed by atoms with E-state index in [1.54, 1.807) is 6.21 Å². The van der Waals surface area contributed by atoms with Crippen molar-refractivity contribution in [3.63, 3.8) is 0 Å². The van der Waals surface area contributed by atoms with E-state index in [-0.39, 0.29) is 17.2 Å². The van der Waals surface area contributed by atoms with E-state index in [2.05, 4.69) is 10.5 Å². The smallest absolute Gasteiger partial charge is 0.243 e. The molecule has 0 aliphatic heterocycles. The van der Waals surface area contributed by atoms with Gasteiger partial charge in [-0.25, -0.2) is 5.43 Å². The summed E-state index contributed by atoms with van der Waals surface area (Å²) in [4.78, 5) is 11.3. The Kier molecular flexibility index (Phi) is 3.07. The second kappa shape index (κ2) is 3.90. The Morgan fingerprint density at radius 3 is 2.46 bits per heavy atom. The second-order valence-electron chi connectivity index (χ2n) is 4.73. The van der Waals surface area contributed by atoms with Crippen LogP contribution in [0.2, 0.25) is 0 Å². The fourth-order valence-electron chi connectivity index (χ4n) is 1.05. The Morgan fingerprint density at radius 2 is 2.08 bits per heavy atom. The van der Waals surface area contributed by atoms with Gasteiger partial charge in [0.1, 0.15) is 0 Å². The molecule has 3 nitrogen and oxygen atoms in total. The molecule has 0 saturated heterocycles. The quantitative estimate of drug-likeness (QED) is 0.514. The van der Waals surface area contributed by atoms with Crippen molar-refractivity contribution < 1.29 is 4.79 Å². The number of nitrogens with zero attached hydrogens (tertiary/aromatic N) is 1. The van der Waals surface area contributed by atoms with Crippen molar-refractivity contribution in [2.24, 2.45) is 16.4 Å². The molecule has 0 aromatic rings. The first-order valence-corrected chi connectivity index (χ1v) is 4.83. The Balaban J connectivity index is 2.25. The maximum absolute atomic E-state index is 11.3. The van der Waals surface area contributed by atoms with Crippen LogP contribution in [0, 0.1) is 11.3 Å². The third-order valence-electron chi connectivity index (χ3n) is 2.10. The monoisotopic (exact) mass is 182 g/mol. The number of carbonyl (C=O) groups excluding carboxylic acids is 1. The van der Waals surface area contributed by atoms with Gasteiger partial charge in [0, 0.05) is 12.1 Å². The molecule has 0 radical (unpaired) electrons. The van der Waals surface area contributed by atoms with Crippen LogP contribution >= 0.6 is 0 Å². The highest BCUT2D eigenvalue weighted by Crippen LogP contribution is 2.26. The number of carbonyl (C=O) groups is 1. The number of rotatable bonds is 2. The van der Waals surface area contributed by atoms with Crippen molar-refractivity contribution in [1.29, 1.82) is 0 Å². The van der Waals surface area contributed by atoms with Crippen LogP contribution in [0.4, 0.5) is 0 Å². The molecular weight excluding hydrogens is 164 g/mol. The molecule has 0 bridgehead atoms. The summed E-state index contributed by atoms with van der Waals surface area (Å²) in [5.41, 5.74) is 2.61. The van der Waals surface area contributed by atoms with Crippen molar-refractivity contribution in [3.05, 3.63) is 0 Å². The van der Waals surface area contributed by atoms with Gasteiger partial charge in [-0.05, 0) is 18.3 Å². The largest absolute Gasteiger partial charge is 0.273 e. The van der Waals surface area contributed by atoms with Gasteiger partial charge in [-0.1, -0.05) is 27.2 Å². The molecule has 1 aliphatic rings. The lowest BCUT2D eigenvalue weighted by Gasteiger charge is -2.22. The topological polar surface area (TPSA) is 41.5 Å². The molecule has 0 unspecified atom stereocenters. The number of nitrogens with one attached hydrogen (secondary N) is 1. The van der Waals surface area contributed by atoms with Gasteiger partial charge in [-0.2, -0.15) is 5.10 Å². The molecule has 0 aromatic carbocycles. The first kappa shape index (κ1) is 10.2. The van der Waals surface area contributed by atoms with E-state index < -0.39 is 0 Å². The lowest BCUT2D eigenvalue weighted by molar-refractivity contribution is -0.127. The minimum atomic E-state index is 0.0346. The number of amides is 1. The van der Waals surface area contributed by atoms with Crippen LogP contribution in [-0.2, 0) is 4.79 Å². The highest BCUT2D eigenvalue weighted by Gasteiger charge is 2.24. The zero-order valence-corrected chi connectivity index (χ0v) is 8.63. The molecule has 1 amide bonds.